The maximum atomic E-state index is 13.3. The van der Waals surface area contributed by atoms with E-state index in [9.17, 15) is 4.79 Å². The molecule has 192 valence electrons. The van der Waals surface area contributed by atoms with Crippen molar-refractivity contribution in [3.05, 3.63) is 29.0 Å². The molecule has 2 unspecified atom stereocenters. The van der Waals surface area contributed by atoms with E-state index in [-0.39, 0.29) is 24.1 Å². The van der Waals surface area contributed by atoms with Crippen LogP contribution in [0.25, 0.3) is 0 Å². The van der Waals surface area contributed by atoms with E-state index in [1.54, 1.807) is 19.4 Å². The van der Waals surface area contributed by atoms with Crippen molar-refractivity contribution < 1.29 is 14.3 Å². The molecule has 0 aromatic carbocycles. The second-order valence-electron chi connectivity index (χ2n) is 9.83. The van der Waals surface area contributed by atoms with Gasteiger partial charge in [0.2, 0.25) is 0 Å². The SMILES string of the molecule is CNCC(CC1CCCCC1)NC(=O)N1CCC[C@@H](C(OCCCOC)c2cc(Cl)ccn2)C1. The third-order valence-electron chi connectivity index (χ3n) is 7.12. The molecule has 2 N–H and O–H groups in total. The van der Waals surface area contributed by atoms with Crippen LogP contribution in [0.3, 0.4) is 0 Å². The number of halogens is 1. The van der Waals surface area contributed by atoms with Gasteiger partial charge in [-0.2, -0.15) is 0 Å². The van der Waals surface area contributed by atoms with Crippen molar-refractivity contribution in [3.8, 4) is 0 Å². The normalized spacial score (nSPS) is 21.3. The van der Waals surface area contributed by atoms with Crippen LogP contribution in [0.1, 0.15) is 69.6 Å². The minimum absolute atomic E-state index is 0.0398. The fourth-order valence-corrected chi connectivity index (χ4v) is 5.59. The van der Waals surface area contributed by atoms with Crippen LogP contribution in [0.4, 0.5) is 4.79 Å². The summed E-state index contributed by atoms with van der Waals surface area (Å²) in [5.41, 5.74) is 0.836. The van der Waals surface area contributed by atoms with Crippen molar-refractivity contribution in [2.45, 2.75) is 69.9 Å². The highest BCUT2D eigenvalue weighted by Crippen LogP contribution is 2.33. The van der Waals surface area contributed by atoms with E-state index in [1.807, 2.05) is 18.0 Å². The third-order valence-corrected chi connectivity index (χ3v) is 7.35. The number of piperidine rings is 1. The lowest BCUT2D eigenvalue weighted by atomic mass is 9.85. The Morgan fingerprint density at radius 2 is 2.06 bits per heavy atom. The molecule has 2 amide bonds. The van der Waals surface area contributed by atoms with E-state index in [0.717, 1.165) is 50.4 Å². The molecular formula is C26H43ClN4O3. The number of rotatable bonds is 12. The highest BCUT2D eigenvalue weighted by molar-refractivity contribution is 6.30. The van der Waals surface area contributed by atoms with Crippen molar-refractivity contribution in [2.75, 3.05) is 47.0 Å². The fourth-order valence-electron chi connectivity index (χ4n) is 5.43. The molecule has 0 bridgehead atoms. The van der Waals surface area contributed by atoms with Crippen LogP contribution in [-0.2, 0) is 9.47 Å². The molecule has 2 fully saturated rings. The highest BCUT2D eigenvalue weighted by Gasteiger charge is 2.33. The van der Waals surface area contributed by atoms with E-state index < -0.39 is 0 Å². The zero-order chi connectivity index (χ0) is 24.2. The Balaban J connectivity index is 1.62. The monoisotopic (exact) mass is 494 g/mol. The first-order valence-corrected chi connectivity index (χ1v) is 13.4. The van der Waals surface area contributed by atoms with Crippen molar-refractivity contribution in [2.24, 2.45) is 11.8 Å². The summed E-state index contributed by atoms with van der Waals surface area (Å²) in [5.74, 6) is 0.898. The first kappa shape index (κ1) is 27.2. The average Bonchev–Trinajstić information content (AvgIpc) is 2.85. The van der Waals surface area contributed by atoms with Gasteiger partial charge in [-0.3, -0.25) is 4.98 Å². The van der Waals surface area contributed by atoms with Crippen LogP contribution < -0.4 is 10.6 Å². The Morgan fingerprint density at radius 3 is 2.79 bits per heavy atom. The van der Waals surface area contributed by atoms with E-state index in [1.165, 1.54) is 32.1 Å². The van der Waals surface area contributed by atoms with Crippen molar-refractivity contribution in [3.63, 3.8) is 0 Å². The molecule has 1 aromatic rings. The Morgan fingerprint density at radius 1 is 1.24 bits per heavy atom. The van der Waals surface area contributed by atoms with Gasteiger partial charge in [0.1, 0.15) is 6.10 Å². The Hall–Kier alpha value is -1.41. The number of ether oxygens (including phenoxy) is 2. The second-order valence-corrected chi connectivity index (χ2v) is 10.3. The highest BCUT2D eigenvalue weighted by atomic mass is 35.5. The summed E-state index contributed by atoms with van der Waals surface area (Å²) in [4.78, 5) is 19.8. The molecule has 2 heterocycles. The van der Waals surface area contributed by atoms with Crippen molar-refractivity contribution in [1.82, 2.24) is 20.5 Å². The van der Waals surface area contributed by atoms with Crippen LogP contribution in [0.5, 0.6) is 0 Å². The second kappa shape index (κ2) is 14.9. The zero-order valence-corrected chi connectivity index (χ0v) is 21.7. The lowest BCUT2D eigenvalue weighted by Crippen LogP contribution is -2.52. The number of amides is 2. The van der Waals surface area contributed by atoms with Crippen LogP contribution in [-0.4, -0.2) is 69.0 Å². The topological polar surface area (TPSA) is 75.7 Å². The summed E-state index contributed by atoms with van der Waals surface area (Å²) in [7, 11) is 3.66. The van der Waals surface area contributed by atoms with Gasteiger partial charge in [0.25, 0.3) is 0 Å². The lowest BCUT2D eigenvalue weighted by molar-refractivity contribution is -0.0191. The molecule has 7 nitrogen and oxygen atoms in total. The molecule has 34 heavy (non-hydrogen) atoms. The molecule has 8 heteroatoms. The molecule has 1 aromatic heterocycles. The number of pyridine rings is 1. The summed E-state index contributed by atoms with van der Waals surface area (Å²) in [6.45, 7) is 3.48. The Labute approximate surface area is 210 Å². The van der Waals surface area contributed by atoms with E-state index in [4.69, 9.17) is 21.1 Å². The quantitative estimate of drug-likeness (QED) is 0.408. The summed E-state index contributed by atoms with van der Waals surface area (Å²) in [6, 6.07) is 3.87. The van der Waals surface area contributed by atoms with Crippen LogP contribution in [0.2, 0.25) is 5.02 Å². The number of carbonyl (C=O) groups excluding carboxylic acids is 1. The number of urea groups is 1. The number of hydrogen-bond acceptors (Lipinski definition) is 5. The van der Waals surface area contributed by atoms with Gasteiger partial charge in [0.05, 0.1) is 5.69 Å². The lowest BCUT2D eigenvalue weighted by Gasteiger charge is -2.37. The number of likely N-dealkylation sites (N-methyl/N-ethyl adjacent to an activating group) is 1. The number of nitrogens with one attached hydrogen (secondary N) is 2. The molecule has 0 spiro atoms. The van der Waals surface area contributed by atoms with Crippen LogP contribution >= 0.6 is 11.6 Å². The predicted molar refractivity (Wildman–Crippen MR) is 136 cm³/mol. The molecule has 3 atom stereocenters. The van der Waals surface area contributed by atoms with Crippen molar-refractivity contribution in [1.29, 1.82) is 0 Å². The number of aromatic nitrogens is 1. The fraction of sp³-hybridized carbons (Fsp3) is 0.769. The molecular weight excluding hydrogens is 452 g/mol. The van der Waals surface area contributed by atoms with E-state index in [0.29, 0.717) is 24.8 Å². The van der Waals surface area contributed by atoms with Crippen molar-refractivity contribution >= 4 is 17.6 Å². The minimum Gasteiger partial charge on any atom is -0.385 e. The summed E-state index contributed by atoms with van der Waals surface area (Å²) >= 11 is 6.26. The Kier molecular flexibility index (Phi) is 11.9. The van der Waals surface area contributed by atoms with Gasteiger partial charge in [0, 0.05) is 63.1 Å². The first-order valence-electron chi connectivity index (χ1n) is 13.0. The van der Waals surface area contributed by atoms with Gasteiger partial charge >= 0.3 is 6.03 Å². The first-order chi connectivity index (χ1) is 16.6. The standard InChI is InChI=1S/C26H43ClN4O3/c1-28-18-23(16-20-8-4-3-5-9-20)30-26(32)31-13-6-10-21(19-31)25(34-15-7-14-33-2)24-17-22(27)11-12-29-24/h11-12,17,20-21,23,25,28H,3-10,13-16,18-19H2,1-2H3,(H,30,32)/t21-,23?,25?/m1/s1. The van der Waals surface area contributed by atoms with Gasteiger partial charge in [-0.25, -0.2) is 4.79 Å². The molecule has 1 aliphatic carbocycles. The third kappa shape index (κ3) is 8.67. The van der Waals surface area contributed by atoms with E-state index in [2.05, 4.69) is 15.6 Å². The number of nitrogens with zero attached hydrogens (tertiary/aromatic N) is 2. The number of methoxy groups -OCH3 is 1. The maximum Gasteiger partial charge on any atom is 0.317 e. The van der Waals surface area contributed by atoms with Gasteiger partial charge in [0.15, 0.2) is 0 Å². The van der Waals surface area contributed by atoms with Crippen LogP contribution in [0, 0.1) is 11.8 Å². The summed E-state index contributed by atoms with van der Waals surface area (Å²) in [5, 5.41) is 7.25. The minimum atomic E-state index is -0.193. The number of likely N-dealkylation sites (tertiary alicyclic amines) is 1. The molecule has 2 aliphatic rings. The van der Waals surface area contributed by atoms with Gasteiger partial charge in [-0.1, -0.05) is 43.7 Å². The average molecular weight is 495 g/mol. The van der Waals surface area contributed by atoms with Crippen LogP contribution in [0.15, 0.2) is 18.3 Å². The number of carbonyl (C=O) groups is 1. The number of hydrogen-bond donors (Lipinski definition) is 2. The molecule has 1 saturated heterocycles. The largest absolute Gasteiger partial charge is 0.385 e. The van der Waals surface area contributed by atoms with Gasteiger partial charge in [-0.15, -0.1) is 0 Å². The molecule has 3 rings (SSSR count). The zero-order valence-electron chi connectivity index (χ0n) is 20.9. The summed E-state index contributed by atoms with van der Waals surface area (Å²) in [6.07, 6.45) is 11.9. The Bertz CT molecular complexity index is 732. The predicted octanol–water partition coefficient (Wildman–Crippen LogP) is 4.81. The molecule has 1 aliphatic heterocycles. The smallest absolute Gasteiger partial charge is 0.317 e. The molecule has 0 radical (unpaired) electrons. The van der Waals surface area contributed by atoms with Gasteiger partial charge < -0.3 is 25.0 Å². The van der Waals surface area contributed by atoms with E-state index >= 15 is 0 Å². The summed E-state index contributed by atoms with van der Waals surface area (Å²) < 4.78 is 11.5. The molecule has 1 saturated carbocycles. The van der Waals surface area contributed by atoms with Gasteiger partial charge in [-0.05, 0) is 50.8 Å². The maximum absolute atomic E-state index is 13.3.